The van der Waals surface area contributed by atoms with Crippen LogP contribution in [0.2, 0.25) is 0 Å². The van der Waals surface area contributed by atoms with Crippen LogP contribution in [0.25, 0.3) is 0 Å². The summed E-state index contributed by atoms with van der Waals surface area (Å²) in [6, 6.07) is 9.01. The van der Waals surface area contributed by atoms with Crippen molar-refractivity contribution in [2.24, 2.45) is 11.8 Å². The number of benzene rings is 1. The van der Waals surface area contributed by atoms with Crippen LogP contribution in [0.1, 0.15) is 38.7 Å². The highest BCUT2D eigenvalue weighted by molar-refractivity contribution is 5.28. The van der Waals surface area contributed by atoms with Gasteiger partial charge in [-0.25, -0.2) is 0 Å². The van der Waals surface area contributed by atoms with E-state index in [4.69, 9.17) is 4.74 Å². The topological polar surface area (TPSA) is 21.3 Å². The van der Waals surface area contributed by atoms with E-state index in [9.17, 15) is 0 Å². The SMILES string of the molecule is CCC1CCC(NCc2cccc(OC)c2)C1C. The van der Waals surface area contributed by atoms with Crippen LogP contribution in [-0.4, -0.2) is 13.2 Å². The average molecular weight is 247 g/mol. The van der Waals surface area contributed by atoms with Crippen molar-refractivity contribution in [1.82, 2.24) is 5.32 Å². The summed E-state index contributed by atoms with van der Waals surface area (Å²) >= 11 is 0. The van der Waals surface area contributed by atoms with E-state index >= 15 is 0 Å². The van der Waals surface area contributed by atoms with Crippen molar-refractivity contribution < 1.29 is 4.74 Å². The molecular weight excluding hydrogens is 222 g/mol. The molecule has 0 aliphatic heterocycles. The lowest BCUT2D eigenvalue weighted by Crippen LogP contribution is -2.32. The molecule has 3 unspecified atom stereocenters. The van der Waals surface area contributed by atoms with Crippen molar-refractivity contribution in [3.63, 3.8) is 0 Å². The van der Waals surface area contributed by atoms with Crippen molar-refractivity contribution in [2.45, 2.75) is 45.7 Å². The average Bonchev–Trinajstić information content (AvgIpc) is 2.77. The van der Waals surface area contributed by atoms with Crippen LogP contribution >= 0.6 is 0 Å². The highest BCUT2D eigenvalue weighted by Gasteiger charge is 2.30. The van der Waals surface area contributed by atoms with Crippen molar-refractivity contribution >= 4 is 0 Å². The zero-order chi connectivity index (χ0) is 13.0. The van der Waals surface area contributed by atoms with Crippen molar-refractivity contribution in [1.29, 1.82) is 0 Å². The fourth-order valence-corrected chi connectivity index (χ4v) is 3.14. The van der Waals surface area contributed by atoms with Gasteiger partial charge in [0.25, 0.3) is 0 Å². The fraction of sp³-hybridized carbons (Fsp3) is 0.625. The molecule has 0 spiro atoms. The molecule has 0 heterocycles. The normalized spacial score (nSPS) is 27.4. The summed E-state index contributed by atoms with van der Waals surface area (Å²) in [4.78, 5) is 0. The molecule has 2 heteroatoms. The van der Waals surface area contributed by atoms with Gasteiger partial charge in [0.2, 0.25) is 0 Å². The highest BCUT2D eigenvalue weighted by Crippen LogP contribution is 2.34. The molecule has 1 N–H and O–H groups in total. The lowest BCUT2D eigenvalue weighted by Gasteiger charge is -2.21. The van der Waals surface area contributed by atoms with E-state index in [1.54, 1.807) is 7.11 Å². The Bertz CT molecular complexity index is 377. The van der Waals surface area contributed by atoms with E-state index in [0.29, 0.717) is 6.04 Å². The summed E-state index contributed by atoms with van der Waals surface area (Å²) in [7, 11) is 1.72. The lowest BCUT2D eigenvalue weighted by molar-refractivity contribution is 0.344. The van der Waals surface area contributed by atoms with E-state index in [2.05, 4.69) is 37.4 Å². The van der Waals surface area contributed by atoms with Crippen LogP contribution < -0.4 is 10.1 Å². The van der Waals surface area contributed by atoms with E-state index < -0.39 is 0 Å². The number of rotatable bonds is 5. The van der Waals surface area contributed by atoms with Gasteiger partial charge >= 0.3 is 0 Å². The maximum absolute atomic E-state index is 5.25. The van der Waals surface area contributed by atoms with Gasteiger partial charge in [-0.2, -0.15) is 0 Å². The molecular formula is C16H25NO. The number of hydrogen-bond donors (Lipinski definition) is 1. The Morgan fingerprint density at radius 3 is 2.83 bits per heavy atom. The fourth-order valence-electron chi connectivity index (χ4n) is 3.14. The predicted molar refractivity (Wildman–Crippen MR) is 75.8 cm³/mol. The molecule has 1 aliphatic carbocycles. The second kappa shape index (κ2) is 6.24. The molecule has 2 nitrogen and oxygen atoms in total. The van der Waals surface area contributed by atoms with Crippen molar-refractivity contribution in [3.05, 3.63) is 29.8 Å². The Morgan fingerprint density at radius 2 is 2.17 bits per heavy atom. The molecule has 1 saturated carbocycles. The first-order valence-corrected chi connectivity index (χ1v) is 7.11. The van der Waals surface area contributed by atoms with Gasteiger partial charge in [0, 0.05) is 12.6 Å². The summed E-state index contributed by atoms with van der Waals surface area (Å²) in [5.41, 5.74) is 1.31. The summed E-state index contributed by atoms with van der Waals surface area (Å²) in [5.74, 6) is 2.66. The van der Waals surface area contributed by atoms with Crippen LogP contribution in [0, 0.1) is 11.8 Å². The minimum absolute atomic E-state index is 0.682. The largest absolute Gasteiger partial charge is 0.497 e. The molecule has 100 valence electrons. The molecule has 0 bridgehead atoms. The van der Waals surface area contributed by atoms with Crippen LogP contribution in [0.3, 0.4) is 0 Å². The Morgan fingerprint density at radius 1 is 1.33 bits per heavy atom. The number of methoxy groups -OCH3 is 1. The zero-order valence-corrected chi connectivity index (χ0v) is 11.8. The van der Waals surface area contributed by atoms with Crippen molar-refractivity contribution in [2.75, 3.05) is 7.11 Å². The quantitative estimate of drug-likeness (QED) is 0.858. The van der Waals surface area contributed by atoms with E-state index in [-0.39, 0.29) is 0 Å². The second-order valence-corrected chi connectivity index (χ2v) is 5.44. The molecule has 0 amide bonds. The Balaban J connectivity index is 1.88. The zero-order valence-electron chi connectivity index (χ0n) is 11.8. The van der Waals surface area contributed by atoms with Crippen LogP contribution in [0.4, 0.5) is 0 Å². The van der Waals surface area contributed by atoms with Gasteiger partial charge in [0.1, 0.15) is 5.75 Å². The smallest absolute Gasteiger partial charge is 0.119 e. The molecule has 3 atom stereocenters. The lowest BCUT2D eigenvalue weighted by atomic mass is 9.93. The summed E-state index contributed by atoms with van der Waals surface area (Å²) < 4.78 is 5.25. The minimum atomic E-state index is 0.682. The first kappa shape index (κ1) is 13.4. The highest BCUT2D eigenvalue weighted by atomic mass is 16.5. The Labute approximate surface area is 111 Å². The Hall–Kier alpha value is -1.02. The molecule has 0 saturated heterocycles. The second-order valence-electron chi connectivity index (χ2n) is 5.44. The molecule has 0 aromatic heterocycles. The molecule has 1 aromatic carbocycles. The Kier molecular flexibility index (Phi) is 4.65. The van der Waals surface area contributed by atoms with Crippen LogP contribution in [0.5, 0.6) is 5.75 Å². The summed E-state index contributed by atoms with van der Waals surface area (Å²) in [6.07, 6.45) is 4.02. The first-order chi connectivity index (χ1) is 8.74. The molecule has 18 heavy (non-hydrogen) atoms. The standard InChI is InChI=1S/C16H25NO/c1-4-14-8-9-16(12(14)2)17-11-13-6-5-7-15(10-13)18-3/h5-7,10,12,14,16-17H,4,8-9,11H2,1-3H3. The van der Waals surface area contributed by atoms with Crippen LogP contribution in [0.15, 0.2) is 24.3 Å². The first-order valence-electron chi connectivity index (χ1n) is 7.11. The van der Waals surface area contributed by atoms with Gasteiger partial charge in [-0.15, -0.1) is 0 Å². The number of nitrogens with one attached hydrogen (secondary N) is 1. The van der Waals surface area contributed by atoms with Gasteiger partial charge in [-0.05, 0) is 42.4 Å². The maximum atomic E-state index is 5.25. The molecule has 2 rings (SSSR count). The minimum Gasteiger partial charge on any atom is -0.497 e. The molecule has 0 radical (unpaired) electrons. The predicted octanol–water partition coefficient (Wildman–Crippen LogP) is 3.61. The van der Waals surface area contributed by atoms with E-state index in [1.165, 1.54) is 24.8 Å². The van der Waals surface area contributed by atoms with Gasteiger partial charge in [0.05, 0.1) is 7.11 Å². The molecule has 1 aliphatic rings. The monoisotopic (exact) mass is 247 g/mol. The third-order valence-electron chi connectivity index (χ3n) is 4.45. The van der Waals surface area contributed by atoms with Crippen LogP contribution in [-0.2, 0) is 6.54 Å². The summed E-state index contributed by atoms with van der Waals surface area (Å²) in [5, 5.41) is 3.71. The number of ether oxygens (including phenoxy) is 1. The third-order valence-corrected chi connectivity index (χ3v) is 4.45. The van der Waals surface area contributed by atoms with E-state index in [0.717, 1.165) is 24.1 Å². The van der Waals surface area contributed by atoms with Gasteiger partial charge in [-0.3, -0.25) is 0 Å². The summed E-state index contributed by atoms with van der Waals surface area (Å²) in [6.45, 7) is 5.65. The van der Waals surface area contributed by atoms with Gasteiger partial charge in [-0.1, -0.05) is 32.4 Å². The van der Waals surface area contributed by atoms with E-state index in [1.807, 2.05) is 6.07 Å². The molecule has 1 fully saturated rings. The molecule has 1 aromatic rings. The van der Waals surface area contributed by atoms with Gasteiger partial charge < -0.3 is 10.1 Å². The third kappa shape index (κ3) is 3.05. The number of hydrogen-bond acceptors (Lipinski definition) is 2. The van der Waals surface area contributed by atoms with Gasteiger partial charge in [0.15, 0.2) is 0 Å². The maximum Gasteiger partial charge on any atom is 0.119 e. The van der Waals surface area contributed by atoms with Crippen molar-refractivity contribution in [3.8, 4) is 5.75 Å².